The van der Waals surface area contributed by atoms with Crippen LogP contribution in [0.1, 0.15) is 5.56 Å². The summed E-state index contributed by atoms with van der Waals surface area (Å²) in [4.78, 5) is 24.3. The first-order chi connectivity index (χ1) is 11.5. The summed E-state index contributed by atoms with van der Waals surface area (Å²) in [6.45, 7) is 1.83. The lowest BCUT2D eigenvalue weighted by Gasteiger charge is -2.09. The number of amides is 2. The van der Waals surface area contributed by atoms with Crippen molar-refractivity contribution < 1.29 is 14.3 Å². The molecule has 0 saturated heterocycles. The van der Waals surface area contributed by atoms with Crippen LogP contribution in [0.4, 0.5) is 0 Å². The first kappa shape index (κ1) is 18.4. The largest absolute Gasteiger partial charge is 0.484 e. The molecule has 0 saturated carbocycles. The van der Waals surface area contributed by atoms with Crippen LogP contribution in [-0.4, -0.2) is 24.2 Å². The van der Waals surface area contributed by atoms with Gasteiger partial charge in [-0.05, 0) is 43.3 Å². The fourth-order valence-electron chi connectivity index (χ4n) is 1.67. The Bertz CT molecular complexity index is 628. The van der Waals surface area contributed by atoms with E-state index in [1.54, 1.807) is 12.1 Å². The molecule has 2 rings (SSSR count). The predicted molar refractivity (Wildman–Crippen MR) is 97.8 cm³/mol. The van der Waals surface area contributed by atoms with E-state index in [1.807, 2.05) is 43.3 Å². The highest BCUT2D eigenvalue weighted by molar-refractivity contribution is 9.10. The van der Waals surface area contributed by atoms with Crippen molar-refractivity contribution in [1.82, 2.24) is 10.9 Å². The normalized spacial score (nSPS) is 10.1. The highest BCUT2D eigenvalue weighted by atomic mass is 79.9. The van der Waals surface area contributed by atoms with Crippen molar-refractivity contribution in [2.24, 2.45) is 0 Å². The number of halogens is 1. The average molecular weight is 409 g/mol. The topological polar surface area (TPSA) is 67.4 Å². The zero-order chi connectivity index (χ0) is 17.4. The zero-order valence-electron chi connectivity index (χ0n) is 13.0. The van der Waals surface area contributed by atoms with Crippen LogP contribution in [0, 0.1) is 6.92 Å². The fourth-order valence-corrected chi connectivity index (χ4v) is 2.64. The van der Waals surface area contributed by atoms with Gasteiger partial charge in [0.25, 0.3) is 5.91 Å². The molecule has 0 bridgehead atoms. The third kappa shape index (κ3) is 6.64. The summed E-state index contributed by atoms with van der Waals surface area (Å²) < 4.78 is 6.23. The SMILES string of the molecule is Cc1ccc(SCC(=O)NNC(=O)COc2ccc(Br)cc2)cc1. The van der Waals surface area contributed by atoms with Gasteiger partial charge in [0, 0.05) is 9.37 Å². The maximum atomic E-state index is 11.7. The van der Waals surface area contributed by atoms with Gasteiger partial charge in [0.15, 0.2) is 6.61 Å². The van der Waals surface area contributed by atoms with E-state index < -0.39 is 5.91 Å². The summed E-state index contributed by atoms with van der Waals surface area (Å²) in [6, 6.07) is 15.0. The molecule has 2 amide bonds. The van der Waals surface area contributed by atoms with Gasteiger partial charge in [-0.3, -0.25) is 20.4 Å². The van der Waals surface area contributed by atoms with Crippen LogP contribution in [0.2, 0.25) is 0 Å². The third-order valence-corrected chi connectivity index (χ3v) is 4.46. The molecule has 126 valence electrons. The molecule has 5 nitrogen and oxygen atoms in total. The van der Waals surface area contributed by atoms with Crippen molar-refractivity contribution in [3.63, 3.8) is 0 Å². The first-order valence-electron chi connectivity index (χ1n) is 7.18. The lowest BCUT2D eigenvalue weighted by Crippen LogP contribution is -2.44. The molecule has 0 atom stereocenters. The van der Waals surface area contributed by atoms with E-state index >= 15 is 0 Å². The second-order valence-electron chi connectivity index (χ2n) is 4.94. The summed E-state index contributed by atoms with van der Waals surface area (Å²) in [5, 5.41) is 0. The fraction of sp³-hybridized carbons (Fsp3) is 0.176. The van der Waals surface area contributed by atoms with Gasteiger partial charge >= 0.3 is 0 Å². The van der Waals surface area contributed by atoms with Gasteiger partial charge in [-0.25, -0.2) is 0 Å². The molecule has 7 heteroatoms. The summed E-state index contributed by atoms with van der Waals surface area (Å²) in [7, 11) is 0. The number of hydrogen-bond donors (Lipinski definition) is 2. The van der Waals surface area contributed by atoms with Gasteiger partial charge in [0.05, 0.1) is 5.75 Å². The standard InChI is InChI=1S/C17H17BrN2O3S/c1-12-2-8-15(9-3-12)24-11-17(22)20-19-16(21)10-23-14-6-4-13(18)5-7-14/h2-9H,10-11H2,1H3,(H,19,21)(H,20,22). The van der Waals surface area contributed by atoms with Crippen molar-refractivity contribution in [2.45, 2.75) is 11.8 Å². The molecule has 0 aliphatic rings. The van der Waals surface area contributed by atoms with Crippen LogP contribution in [0.3, 0.4) is 0 Å². The second kappa shape index (κ2) is 9.34. The van der Waals surface area contributed by atoms with Crippen molar-refractivity contribution in [3.05, 3.63) is 58.6 Å². The number of benzene rings is 2. The Kier molecular flexibility index (Phi) is 7.14. The summed E-state index contributed by atoms with van der Waals surface area (Å²) in [5.74, 6) is 0.0930. The Morgan fingerprint density at radius 3 is 2.29 bits per heavy atom. The maximum absolute atomic E-state index is 11.7. The molecule has 0 aliphatic carbocycles. The molecule has 24 heavy (non-hydrogen) atoms. The number of hydrogen-bond acceptors (Lipinski definition) is 4. The minimum Gasteiger partial charge on any atom is -0.484 e. The number of ether oxygens (including phenoxy) is 1. The highest BCUT2D eigenvalue weighted by Gasteiger charge is 2.06. The Morgan fingerprint density at radius 1 is 1.00 bits per heavy atom. The molecule has 2 aromatic rings. The van der Waals surface area contributed by atoms with Crippen LogP contribution >= 0.6 is 27.7 Å². The Labute approximate surface area is 153 Å². The van der Waals surface area contributed by atoms with Crippen LogP contribution in [0.25, 0.3) is 0 Å². The minimum atomic E-state index is -0.424. The van der Waals surface area contributed by atoms with Crippen molar-refractivity contribution in [2.75, 3.05) is 12.4 Å². The van der Waals surface area contributed by atoms with E-state index in [1.165, 1.54) is 17.3 Å². The van der Waals surface area contributed by atoms with Gasteiger partial charge in [-0.2, -0.15) is 0 Å². The lowest BCUT2D eigenvalue weighted by molar-refractivity contribution is -0.128. The first-order valence-corrected chi connectivity index (χ1v) is 8.96. The molecule has 0 aliphatic heterocycles. The lowest BCUT2D eigenvalue weighted by atomic mass is 10.2. The van der Waals surface area contributed by atoms with Crippen LogP contribution in [-0.2, 0) is 9.59 Å². The van der Waals surface area contributed by atoms with Crippen molar-refractivity contribution in [1.29, 1.82) is 0 Å². The van der Waals surface area contributed by atoms with Gasteiger partial charge in [-0.1, -0.05) is 33.6 Å². The molecule has 2 aromatic carbocycles. The monoisotopic (exact) mass is 408 g/mol. The number of carbonyl (C=O) groups excluding carboxylic acids is 2. The highest BCUT2D eigenvalue weighted by Crippen LogP contribution is 2.17. The van der Waals surface area contributed by atoms with E-state index in [4.69, 9.17) is 4.74 Å². The molecule has 0 unspecified atom stereocenters. The van der Waals surface area contributed by atoms with Crippen molar-refractivity contribution in [3.8, 4) is 5.75 Å². The molecular formula is C17H17BrN2O3S. The van der Waals surface area contributed by atoms with Gasteiger partial charge in [0.1, 0.15) is 5.75 Å². The van der Waals surface area contributed by atoms with Gasteiger partial charge < -0.3 is 4.74 Å². The quantitative estimate of drug-likeness (QED) is 0.569. The Morgan fingerprint density at radius 2 is 1.62 bits per heavy atom. The number of aryl methyl sites for hydroxylation is 1. The van der Waals surface area contributed by atoms with E-state index in [0.717, 1.165) is 9.37 Å². The second-order valence-corrected chi connectivity index (χ2v) is 6.91. The molecule has 0 heterocycles. The van der Waals surface area contributed by atoms with Crippen LogP contribution in [0.15, 0.2) is 57.9 Å². The van der Waals surface area contributed by atoms with Gasteiger partial charge in [-0.15, -0.1) is 11.8 Å². The number of thioether (sulfide) groups is 1. The summed E-state index contributed by atoms with van der Waals surface area (Å²) in [5.41, 5.74) is 5.85. The van der Waals surface area contributed by atoms with E-state index in [2.05, 4.69) is 26.8 Å². The third-order valence-electron chi connectivity index (χ3n) is 2.92. The van der Waals surface area contributed by atoms with E-state index in [-0.39, 0.29) is 18.3 Å². The molecular weight excluding hydrogens is 392 g/mol. The summed E-state index contributed by atoms with van der Waals surface area (Å²) in [6.07, 6.45) is 0. The number of rotatable bonds is 6. The number of carbonyl (C=O) groups is 2. The molecule has 0 aromatic heterocycles. The smallest absolute Gasteiger partial charge is 0.276 e. The average Bonchev–Trinajstić information content (AvgIpc) is 2.59. The zero-order valence-corrected chi connectivity index (χ0v) is 15.4. The molecule has 0 radical (unpaired) electrons. The maximum Gasteiger partial charge on any atom is 0.276 e. The number of hydrazine groups is 1. The van der Waals surface area contributed by atoms with Crippen LogP contribution in [0.5, 0.6) is 5.75 Å². The summed E-state index contributed by atoms with van der Waals surface area (Å²) >= 11 is 4.72. The predicted octanol–water partition coefficient (Wildman–Crippen LogP) is 3.08. The molecule has 0 spiro atoms. The van der Waals surface area contributed by atoms with E-state index in [9.17, 15) is 9.59 Å². The minimum absolute atomic E-state index is 0.174. The molecule has 2 N–H and O–H groups in total. The van der Waals surface area contributed by atoms with E-state index in [0.29, 0.717) is 5.75 Å². The Balaban J connectivity index is 1.64. The van der Waals surface area contributed by atoms with Gasteiger partial charge in [0.2, 0.25) is 5.91 Å². The number of nitrogens with one attached hydrogen (secondary N) is 2. The molecule has 0 fully saturated rings. The van der Waals surface area contributed by atoms with Crippen LogP contribution < -0.4 is 15.6 Å². The Hall–Kier alpha value is -1.99. The van der Waals surface area contributed by atoms with Crippen molar-refractivity contribution >= 4 is 39.5 Å².